The van der Waals surface area contributed by atoms with Gasteiger partial charge < -0.3 is 15.5 Å². The van der Waals surface area contributed by atoms with Crippen LogP contribution in [0.5, 0.6) is 0 Å². The zero-order valence-corrected chi connectivity index (χ0v) is 17.8. The number of nitrogens with one attached hydrogen (secondary N) is 2. The smallest absolute Gasteiger partial charge is 0.246 e. The Morgan fingerprint density at radius 2 is 1.83 bits per heavy atom. The van der Waals surface area contributed by atoms with Gasteiger partial charge in [-0.25, -0.2) is 0 Å². The molecule has 5 heteroatoms. The molecular weight excluding hydrogens is 362 g/mol. The van der Waals surface area contributed by atoms with Crippen molar-refractivity contribution in [3.63, 3.8) is 0 Å². The van der Waals surface area contributed by atoms with Crippen molar-refractivity contribution in [2.24, 2.45) is 0 Å². The molecule has 1 saturated heterocycles. The Morgan fingerprint density at radius 1 is 1.10 bits per heavy atom. The summed E-state index contributed by atoms with van der Waals surface area (Å²) in [7, 11) is 0. The van der Waals surface area contributed by atoms with E-state index in [0.29, 0.717) is 13.0 Å². The molecule has 0 aromatic heterocycles. The minimum atomic E-state index is -0.388. The molecule has 154 valence electrons. The number of likely N-dealkylation sites (tertiary alicyclic amines) is 1. The van der Waals surface area contributed by atoms with Gasteiger partial charge in [0.2, 0.25) is 11.8 Å². The van der Waals surface area contributed by atoms with Crippen LogP contribution in [0, 0.1) is 0 Å². The number of benzene rings is 2. The summed E-state index contributed by atoms with van der Waals surface area (Å²) in [6, 6.07) is 15.5. The lowest BCUT2D eigenvalue weighted by atomic mass is 9.87. The van der Waals surface area contributed by atoms with Gasteiger partial charge in [-0.15, -0.1) is 0 Å². The SMILES string of the molecule is C[C@@H](Nc1cccc(CN2CCCC2=O)c1)C(=O)Nc1ccc(C(C)(C)C)cc1. The average Bonchev–Trinajstić information content (AvgIpc) is 3.06. The number of hydrogen-bond donors (Lipinski definition) is 2. The van der Waals surface area contributed by atoms with Crippen LogP contribution in [0.2, 0.25) is 0 Å². The van der Waals surface area contributed by atoms with E-state index < -0.39 is 0 Å². The Morgan fingerprint density at radius 3 is 2.45 bits per heavy atom. The summed E-state index contributed by atoms with van der Waals surface area (Å²) in [5.74, 6) is 0.127. The summed E-state index contributed by atoms with van der Waals surface area (Å²) >= 11 is 0. The molecule has 3 rings (SSSR count). The van der Waals surface area contributed by atoms with Crippen LogP contribution in [0.1, 0.15) is 51.7 Å². The first-order valence-corrected chi connectivity index (χ1v) is 10.3. The van der Waals surface area contributed by atoms with Crippen LogP contribution in [0.15, 0.2) is 48.5 Å². The standard InChI is InChI=1S/C24H31N3O2/c1-17(23(29)26-20-12-10-19(11-13-20)24(2,3)4)25-21-8-5-7-18(15-21)16-27-14-6-9-22(27)28/h5,7-8,10-13,15,17,25H,6,9,14,16H2,1-4H3,(H,26,29)/t17-/m1/s1. The fourth-order valence-corrected chi connectivity index (χ4v) is 3.47. The molecule has 2 N–H and O–H groups in total. The van der Waals surface area contributed by atoms with E-state index in [1.165, 1.54) is 5.56 Å². The first-order valence-electron chi connectivity index (χ1n) is 10.3. The zero-order valence-electron chi connectivity index (χ0n) is 17.8. The van der Waals surface area contributed by atoms with Crippen molar-refractivity contribution in [2.45, 2.75) is 58.5 Å². The Balaban J connectivity index is 1.58. The summed E-state index contributed by atoms with van der Waals surface area (Å²) in [6.07, 6.45) is 1.58. The van der Waals surface area contributed by atoms with Crippen LogP contribution in [0.25, 0.3) is 0 Å². The summed E-state index contributed by atoms with van der Waals surface area (Å²) in [5.41, 5.74) is 4.05. The summed E-state index contributed by atoms with van der Waals surface area (Å²) in [5, 5.41) is 6.22. The van der Waals surface area contributed by atoms with Crippen molar-refractivity contribution < 1.29 is 9.59 Å². The number of carbonyl (C=O) groups is 2. The van der Waals surface area contributed by atoms with Gasteiger partial charge in [0, 0.05) is 30.9 Å². The second-order valence-corrected chi connectivity index (χ2v) is 8.80. The number of hydrogen-bond acceptors (Lipinski definition) is 3. The van der Waals surface area contributed by atoms with Crippen LogP contribution < -0.4 is 10.6 Å². The molecule has 1 aliphatic heterocycles. The fraction of sp³-hybridized carbons (Fsp3) is 0.417. The highest BCUT2D eigenvalue weighted by Gasteiger charge is 2.20. The largest absolute Gasteiger partial charge is 0.374 e. The topological polar surface area (TPSA) is 61.4 Å². The van der Waals surface area contributed by atoms with E-state index in [1.807, 2.05) is 48.2 Å². The predicted octanol–water partition coefficient (Wildman–Crippen LogP) is 4.55. The maximum Gasteiger partial charge on any atom is 0.246 e. The quantitative estimate of drug-likeness (QED) is 0.757. The predicted molar refractivity (Wildman–Crippen MR) is 118 cm³/mol. The van der Waals surface area contributed by atoms with Gasteiger partial charge in [-0.2, -0.15) is 0 Å². The number of carbonyl (C=O) groups excluding carboxylic acids is 2. The van der Waals surface area contributed by atoms with Gasteiger partial charge in [0.15, 0.2) is 0 Å². The molecule has 2 aromatic carbocycles. The molecule has 0 spiro atoms. The van der Waals surface area contributed by atoms with Gasteiger partial charge in [-0.1, -0.05) is 45.0 Å². The van der Waals surface area contributed by atoms with Crippen LogP contribution in [0.3, 0.4) is 0 Å². The molecule has 0 radical (unpaired) electrons. The molecule has 29 heavy (non-hydrogen) atoms. The highest BCUT2D eigenvalue weighted by molar-refractivity contribution is 5.96. The van der Waals surface area contributed by atoms with Gasteiger partial charge in [-0.3, -0.25) is 9.59 Å². The first-order chi connectivity index (χ1) is 13.7. The molecule has 1 heterocycles. The second-order valence-electron chi connectivity index (χ2n) is 8.80. The van der Waals surface area contributed by atoms with Crippen LogP contribution in [-0.2, 0) is 21.5 Å². The van der Waals surface area contributed by atoms with E-state index in [-0.39, 0.29) is 23.3 Å². The van der Waals surface area contributed by atoms with Crippen molar-refractivity contribution in [2.75, 3.05) is 17.2 Å². The molecule has 0 unspecified atom stereocenters. The lowest BCUT2D eigenvalue weighted by molar-refractivity contribution is -0.128. The van der Waals surface area contributed by atoms with Crippen LogP contribution in [-0.4, -0.2) is 29.3 Å². The van der Waals surface area contributed by atoms with Crippen molar-refractivity contribution in [1.82, 2.24) is 4.90 Å². The molecule has 2 aromatic rings. The van der Waals surface area contributed by atoms with Crippen molar-refractivity contribution >= 4 is 23.2 Å². The Hall–Kier alpha value is -2.82. The lowest BCUT2D eigenvalue weighted by Gasteiger charge is -2.20. The van der Waals surface area contributed by atoms with Crippen molar-refractivity contribution in [3.05, 3.63) is 59.7 Å². The zero-order chi connectivity index (χ0) is 21.0. The molecule has 5 nitrogen and oxygen atoms in total. The van der Waals surface area contributed by atoms with Crippen molar-refractivity contribution in [1.29, 1.82) is 0 Å². The molecule has 0 aliphatic carbocycles. The maximum atomic E-state index is 12.6. The van der Waals surface area contributed by atoms with Gasteiger partial charge >= 0.3 is 0 Å². The Labute approximate surface area is 173 Å². The number of amides is 2. The lowest BCUT2D eigenvalue weighted by Crippen LogP contribution is -2.32. The third kappa shape index (κ3) is 5.59. The molecule has 2 amide bonds. The van der Waals surface area contributed by atoms with Gasteiger partial charge in [0.1, 0.15) is 6.04 Å². The summed E-state index contributed by atoms with van der Waals surface area (Å²) in [6.45, 7) is 9.79. The van der Waals surface area contributed by atoms with E-state index in [4.69, 9.17) is 0 Å². The second kappa shape index (κ2) is 8.68. The monoisotopic (exact) mass is 393 g/mol. The normalized spacial score (nSPS) is 15.3. The molecule has 0 saturated carbocycles. The highest BCUT2D eigenvalue weighted by Crippen LogP contribution is 2.23. The number of rotatable bonds is 6. The Kier molecular flexibility index (Phi) is 6.26. The molecular formula is C24H31N3O2. The van der Waals surface area contributed by atoms with E-state index in [2.05, 4.69) is 43.5 Å². The number of nitrogens with zero attached hydrogens (tertiary/aromatic N) is 1. The molecule has 0 bridgehead atoms. The molecule has 1 atom stereocenters. The van der Waals surface area contributed by atoms with Crippen molar-refractivity contribution in [3.8, 4) is 0 Å². The van der Waals surface area contributed by atoms with Gasteiger partial charge in [-0.05, 0) is 54.2 Å². The van der Waals surface area contributed by atoms with Gasteiger partial charge in [0.25, 0.3) is 0 Å². The van der Waals surface area contributed by atoms with E-state index >= 15 is 0 Å². The van der Waals surface area contributed by atoms with Gasteiger partial charge in [0.05, 0.1) is 0 Å². The summed E-state index contributed by atoms with van der Waals surface area (Å²) in [4.78, 5) is 26.3. The van der Waals surface area contributed by atoms with E-state index in [9.17, 15) is 9.59 Å². The van der Waals surface area contributed by atoms with Crippen LogP contribution in [0.4, 0.5) is 11.4 Å². The third-order valence-corrected chi connectivity index (χ3v) is 5.27. The van der Waals surface area contributed by atoms with Crippen LogP contribution >= 0.6 is 0 Å². The molecule has 1 aliphatic rings. The highest BCUT2D eigenvalue weighted by atomic mass is 16.2. The minimum absolute atomic E-state index is 0.0854. The Bertz CT molecular complexity index is 868. The molecule has 1 fully saturated rings. The fourth-order valence-electron chi connectivity index (χ4n) is 3.47. The third-order valence-electron chi connectivity index (χ3n) is 5.27. The van der Waals surface area contributed by atoms with E-state index in [0.717, 1.165) is 29.9 Å². The maximum absolute atomic E-state index is 12.6. The average molecular weight is 394 g/mol. The first kappa shape index (κ1) is 20.9. The summed E-state index contributed by atoms with van der Waals surface area (Å²) < 4.78 is 0. The van der Waals surface area contributed by atoms with E-state index in [1.54, 1.807) is 0 Å². The minimum Gasteiger partial charge on any atom is -0.374 e. The number of anilines is 2.